The van der Waals surface area contributed by atoms with E-state index in [0.29, 0.717) is 12.3 Å². The van der Waals surface area contributed by atoms with Gasteiger partial charge in [-0.05, 0) is 31.1 Å². The van der Waals surface area contributed by atoms with E-state index in [0.717, 1.165) is 12.8 Å². The third-order valence-corrected chi connectivity index (χ3v) is 5.96. The van der Waals surface area contributed by atoms with Gasteiger partial charge in [-0.25, -0.2) is 4.79 Å². The van der Waals surface area contributed by atoms with Crippen LogP contribution in [0.4, 0.5) is 13.2 Å². The molecule has 4 atom stereocenters. The Kier molecular flexibility index (Phi) is 3.09. The molecule has 2 nitrogen and oxygen atoms in total. The maximum atomic E-state index is 12.5. The van der Waals surface area contributed by atoms with E-state index in [2.05, 4.69) is 20.4 Å². The molecule has 5 heteroatoms. The molecular formula is C15H21F3O2. The molecule has 114 valence electrons. The third-order valence-electron chi connectivity index (χ3n) is 5.96. The Morgan fingerprint density at radius 3 is 2.30 bits per heavy atom. The van der Waals surface area contributed by atoms with Crippen molar-refractivity contribution in [3.63, 3.8) is 0 Å². The summed E-state index contributed by atoms with van der Waals surface area (Å²) in [7, 11) is 0. The number of rotatable bonds is 3. The van der Waals surface area contributed by atoms with E-state index in [1.54, 1.807) is 6.92 Å². The Balaban J connectivity index is 2.18. The van der Waals surface area contributed by atoms with Gasteiger partial charge in [0.25, 0.3) is 0 Å². The lowest BCUT2D eigenvalue weighted by Crippen LogP contribution is -2.40. The van der Waals surface area contributed by atoms with E-state index in [4.69, 9.17) is 4.74 Å². The molecule has 2 saturated carbocycles. The fraction of sp³-hybridized carbons (Fsp3) is 0.800. The molecular weight excluding hydrogens is 269 g/mol. The standard InChI is InChI=1S/C15H21F3O2/c1-6-10-7-14(5,13(4)8-12(10,13)3)20-11(19)9(2)15(16,17)18/h10H,2,6-8H2,1,3-5H3. The van der Waals surface area contributed by atoms with Gasteiger partial charge in [-0.15, -0.1) is 0 Å². The molecule has 2 rings (SSSR count). The number of carbonyl (C=O) groups excluding carboxylic acids is 1. The number of ether oxygens (including phenoxy) is 1. The Labute approximate surface area is 117 Å². The predicted octanol–water partition coefficient (Wildman–Crippen LogP) is 4.25. The molecule has 0 spiro atoms. The molecule has 0 aromatic carbocycles. The molecule has 2 fully saturated rings. The first-order valence-electron chi connectivity index (χ1n) is 6.91. The Hall–Kier alpha value is -1.00. The first-order valence-corrected chi connectivity index (χ1v) is 6.91. The summed E-state index contributed by atoms with van der Waals surface area (Å²) in [6, 6.07) is 0. The minimum absolute atomic E-state index is 0.0658. The normalized spacial score (nSPS) is 43.0. The summed E-state index contributed by atoms with van der Waals surface area (Å²) in [6.45, 7) is 10.8. The van der Waals surface area contributed by atoms with Gasteiger partial charge in [-0.2, -0.15) is 13.2 Å². The minimum Gasteiger partial charge on any atom is -0.455 e. The maximum absolute atomic E-state index is 12.5. The molecule has 0 aliphatic heterocycles. The molecule has 0 amide bonds. The first kappa shape index (κ1) is 15.4. The van der Waals surface area contributed by atoms with Crippen LogP contribution in [0.1, 0.15) is 47.0 Å². The van der Waals surface area contributed by atoms with Crippen molar-refractivity contribution in [1.29, 1.82) is 0 Å². The van der Waals surface area contributed by atoms with Crippen molar-refractivity contribution >= 4 is 5.97 Å². The van der Waals surface area contributed by atoms with Crippen molar-refractivity contribution in [2.75, 3.05) is 0 Å². The highest BCUT2D eigenvalue weighted by Gasteiger charge is 2.78. The smallest absolute Gasteiger partial charge is 0.422 e. The summed E-state index contributed by atoms with van der Waals surface area (Å²) < 4.78 is 42.8. The van der Waals surface area contributed by atoms with Crippen LogP contribution in [0.5, 0.6) is 0 Å². The Morgan fingerprint density at radius 1 is 1.35 bits per heavy atom. The van der Waals surface area contributed by atoms with Crippen LogP contribution in [0.3, 0.4) is 0 Å². The predicted molar refractivity (Wildman–Crippen MR) is 68.9 cm³/mol. The lowest BCUT2D eigenvalue weighted by atomic mass is 9.87. The molecule has 0 bridgehead atoms. The molecule has 0 aromatic heterocycles. The van der Waals surface area contributed by atoms with Gasteiger partial charge in [0.1, 0.15) is 11.2 Å². The second-order valence-corrected chi connectivity index (χ2v) is 6.83. The van der Waals surface area contributed by atoms with Gasteiger partial charge in [0.2, 0.25) is 0 Å². The van der Waals surface area contributed by atoms with Crippen LogP contribution in [0.15, 0.2) is 12.2 Å². The van der Waals surface area contributed by atoms with Gasteiger partial charge in [-0.1, -0.05) is 33.8 Å². The van der Waals surface area contributed by atoms with Crippen LogP contribution >= 0.6 is 0 Å². The van der Waals surface area contributed by atoms with Crippen molar-refractivity contribution in [2.45, 2.75) is 58.7 Å². The van der Waals surface area contributed by atoms with Gasteiger partial charge in [0.05, 0.1) is 0 Å². The number of fused-ring (bicyclic) bond motifs is 1. The van der Waals surface area contributed by atoms with Crippen molar-refractivity contribution < 1.29 is 22.7 Å². The molecule has 0 saturated heterocycles. The zero-order valence-corrected chi connectivity index (χ0v) is 12.4. The zero-order chi connectivity index (χ0) is 15.6. The fourth-order valence-electron chi connectivity index (χ4n) is 4.13. The maximum Gasteiger partial charge on any atom is 0.422 e. The monoisotopic (exact) mass is 290 g/mol. The number of hydrogen-bond acceptors (Lipinski definition) is 2. The highest BCUT2D eigenvalue weighted by molar-refractivity contribution is 5.89. The van der Waals surface area contributed by atoms with Gasteiger partial charge in [0.15, 0.2) is 0 Å². The van der Waals surface area contributed by atoms with Crippen LogP contribution in [0.25, 0.3) is 0 Å². The van der Waals surface area contributed by atoms with Crippen molar-refractivity contribution in [2.24, 2.45) is 16.7 Å². The van der Waals surface area contributed by atoms with E-state index in [1.165, 1.54) is 0 Å². The summed E-state index contributed by atoms with van der Waals surface area (Å²) in [4.78, 5) is 11.7. The minimum atomic E-state index is -4.73. The average Bonchev–Trinajstić information content (AvgIpc) is 2.84. The zero-order valence-electron chi connectivity index (χ0n) is 12.4. The summed E-state index contributed by atoms with van der Waals surface area (Å²) in [6.07, 6.45) is -2.28. The molecule has 0 radical (unpaired) electrons. The quantitative estimate of drug-likeness (QED) is 0.573. The summed E-state index contributed by atoms with van der Waals surface area (Å²) in [5.41, 5.74) is -2.43. The lowest BCUT2D eigenvalue weighted by molar-refractivity contribution is -0.169. The number of carbonyl (C=O) groups is 1. The Morgan fingerprint density at radius 2 is 1.90 bits per heavy atom. The first-order chi connectivity index (χ1) is 8.91. The van der Waals surface area contributed by atoms with Crippen LogP contribution in [-0.4, -0.2) is 17.7 Å². The second-order valence-electron chi connectivity index (χ2n) is 6.83. The largest absolute Gasteiger partial charge is 0.455 e. The average molecular weight is 290 g/mol. The highest BCUT2D eigenvalue weighted by Crippen LogP contribution is 2.80. The van der Waals surface area contributed by atoms with Crippen LogP contribution in [0, 0.1) is 16.7 Å². The number of alkyl halides is 3. The van der Waals surface area contributed by atoms with E-state index >= 15 is 0 Å². The van der Waals surface area contributed by atoms with Gasteiger partial charge >= 0.3 is 12.1 Å². The molecule has 2 aliphatic carbocycles. The molecule has 0 aromatic rings. The summed E-state index contributed by atoms with van der Waals surface area (Å²) in [5, 5.41) is 0. The van der Waals surface area contributed by atoms with Crippen molar-refractivity contribution in [3.8, 4) is 0 Å². The van der Waals surface area contributed by atoms with Crippen molar-refractivity contribution in [3.05, 3.63) is 12.2 Å². The van der Waals surface area contributed by atoms with E-state index in [9.17, 15) is 18.0 Å². The molecule has 0 N–H and O–H groups in total. The van der Waals surface area contributed by atoms with E-state index in [-0.39, 0.29) is 10.8 Å². The van der Waals surface area contributed by atoms with E-state index in [1.807, 2.05) is 6.92 Å². The van der Waals surface area contributed by atoms with Crippen LogP contribution < -0.4 is 0 Å². The number of halogens is 3. The third kappa shape index (κ3) is 1.81. The lowest BCUT2D eigenvalue weighted by Gasteiger charge is -2.33. The van der Waals surface area contributed by atoms with Crippen LogP contribution in [0.2, 0.25) is 0 Å². The summed E-state index contributed by atoms with van der Waals surface area (Å²) >= 11 is 0. The van der Waals surface area contributed by atoms with E-state index < -0.39 is 23.3 Å². The number of esters is 1. The summed E-state index contributed by atoms with van der Waals surface area (Å²) in [5.74, 6) is -0.961. The highest BCUT2D eigenvalue weighted by atomic mass is 19.4. The topological polar surface area (TPSA) is 26.3 Å². The molecule has 2 aliphatic rings. The molecule has 20 heavy (non-hydrogen) atoms. The Bertz CT molecular complexity index is 470. The SMILES string of the molecule is C=C(C(=O)OC1(C)CC(CC)C2(C)CC12C)C(F)(F)F. The second kappa shape index (κ2) is 4.01. The van der Waals surface area contributed by atoms with Gasteiger partial charge in [-0.3, -0.25) is 0 Å². The van der Waals surface area contributed by atoms with Gasteiger partial charge in [0, 0.05) is 5.41 Å². The molecule has 0 heterocycles. The number of hydrogen-bond donors (Lipinski definition) is 0. The molecule has 4 unspecified atom stereocenters. The van der Waals surface area contributed by atoms with Crippen LogP contribution in [-0.2, 0) is 9.53 Å². The fourth-order valence-corrected chi connectivity index (χ4v) is 4.13. The van der Waals surface area contributed by atoms with Gasteiger partial charge < -0.3 is 4.74 Å². The van der Waals surface area contributed by atoms with Crippen molar-refractivity contribution in [1.82, 2.24) is 0 Å².